The Hall–Kier alpha value is -4.12. The number of nitro groups is 2. The number of furan rings is 2. The van der Waals surface area contributed by atoms with E-state index in [2.05, 4.69) is 0 Å². The molecule has 4 heterocycles. The lowest BCUT2D eigenvalue weighted by Crippen LogP contribution is -2.43. The third-order valence-corrected chi connectivity index (χ3v) is 7.31. The number of carbonyl (C=O) groups excluding carboxylic acids is 2. The molecule has 0 amide bonds. The maximum absolute atomic E-state index is 14.1. The maximum Gasteiger partial charge on any atom is 0.433 e. The zero-order chi connectivity index (χ0) is 23.8. The topological polar surface area (TPSA) is 150 Å². The van der Waals surface area contributed by atoms with Gasteiger partial charge in [-0.15, -0.1) is 0 Å². The van der Waals surface area contributed by atoms with E-state index in [0.717, 1.165) is 6.42 Å². The number of hydrogen-bond donors (Lipinski definition) is 0. The molecule has 2 aliphatic heterocycles. The largest absolute Gasteiger partial charge is 0.433 e. The fourth-order valence-corrected chi connectivity index (χ4v) is 6.18. The Morgan fingerprint density at radius 3 is 1.97 bits per heavy atom. The van der Waals surface area contributed by atoms with Crippen molar-refractivity contribution in [2.45, 2.75) is 30.8 Å². The number of ketones is 2. The van der Waals surface area contributed by atoms with Crippen molar-refractivity contribution in [1.82, 2.24) is 4.90 Å². The zero-order valence-electron chi connectivity index (χ0n) is 17.6. The second-order valence-corrected chi connectivity index (χ2v) is 8.77. The molecule has 0 saturated carbocycles. The molecule has 0 bridgehead atoms. The standard InChI is InChI=1S/C23H17N3O8/c27-21-12-4-1-2-5-13(12)22(28)23(21)19(15-7-9-17(33-15)25(29)30)14-6-3-11-24(14)20(23)16-8-10-18(34-16)26(31)32/h1-2,4-5,7-10,14,19-20H,3,6,11H2/t14-,19+,20-/m0/s1. The van der Waals surface area contributed by atoms with Gasteiger partial charge < -0.3 is 8.83 Å². The highest BCUT2D eigenvalue weighted by molar-refractivity contribution is 6.31. The first-order valence-corrected chi connectivity index (χ1v) is 10.8. The smallest absolute Gasteiger partial charge is 0.405 e. The molecule has 1 aliphatic carbocycles. The molecule has 2 fully saturated rings. The quantitative estimate of drug-likeness (QED) is 0.317. The number of hydrogen-bond acceptors (Lipinski definition) is 9. The van der Waals surface area contributed by atoms with Crippen molar-refractivity contribution >= 4 is 23.3 Å². The summed E-state index contributed by atoms with van der Waals surface area (Å²) in [7, 11) is 0. The van der Waals surface area contributed by atoms with Crippen molar-refractivity contribution in [2.24, 2.45) is 5.41 Å². The molecule has 3 aromatic rings. The Labute approximate surface area is 191 Å². The molecule has 11 nitrogen and oxygen atoms in total. The van der Waals surface area contributed by atoms with Crippen LogP contribution in [0.3, 0.4) is 0 Å². The van der Waals surface area contributed by atoms with Crippen molar-refractivity contribution in [3.63, 3.8) is 0 Å². The molecule has 0 unspecified atom stereocenters. The summed E-state index contributed by atoms with van der Waals surface area (Å²) in [5, 5.41) is 22.6. The summed E-state index contributed by atoms with van der Waals surface area (Å²) in [5.41, 5.74) is -1.22. The van der Waals surface area contributed by atoms with Crippen molar-refractivity contribution in [3.05, 3.63) is 91.4 Å². The number of carbonyl (C=O) groups is 2. The monoisotopic (exact) mass is 463 g/mol. The van der Waals surface area contributed by atoms with Gasteiger partial charge >= 0.3 is 11.8 Å². The van der Waals surface area contributed by atoms with E-state index in [1.165, 1.54) is 24.3 Å². The van der Waals surface area contributed by atoms with Crippen LogP contribution in [0, 0.1) is 25.6 Å². The van der Waals surface area contributed by atoms with Gasteiger partial charge in [0.1, 0.15) is 26.8 Å². The van der Waals surface area contributed by atoms with Crippen LogP contribution in [0.2, 0.25) is 0 Å². The van der Waals surface area contributed by atoms with Gasteiger partial charge in [0.05, 0.1) is 24.1 Å². The van der Waals surface area contributed by atoms with Crippen LogP contribution in [0.15, 0.2) is 57.4 Å². The lowest BCUT2D eigenvalue weighted by Gasteiger charge is -2.33. The van der Waals surface area contributed by atoms with Gasteiger partial charge in [0.15, 0.2) is 11.6 Å². The van der Waals surface area contributed by atoms with E-state index in [1.807, 2.05) is 4.90 Å². The van der Waals surface area contributed by atoms with E-state index < -0.39 is 50.6 Å². The second-order valence-electron chi connectivity index (χ2n) is 8.77. The van der Waals surface area contributed by atoms with Crippen LogP contribution in [0.25, 0.3) is 0 Å². The molecule has 0 radical (unpaired) electrons. The minimum atomic E-state index is -1.73. The third kappa shape index (κ3) is 2.44. The molecular formula is C23H17N3O8. The summed E-state index contributed by atoms with van der Waals surface area (Å²) in [5.74, 6) is -2.37. The maximum atomic E-state index is 14.1. The van der Waals surface area contributed by atoms with Crippen LogP contribution < -0.4 is 0 Å². The number of fused-ring (bicyclic) bond motifs is 2. The molecule has 1 spiro atoms. The first-order valence-electron chi connectivity index (χ1n) is 10.8. The Bertz CT molecular complexity index is 1280. The van der Waals surface area contributed by atoms with Gasteiger partial charge in [0, 0.05) is 17.2 Å². The lowest BCUT2D eigenvalue weighted by atomic mass is 9.65. The van der Waals surface area contributed by atoms with Crippen molar-refractivity contribution < 1.29 is 28.3 Å². The molecule has 3 aliphatic rings. The van der Waals surface area contributed by atoms with Gasteiger partial charge in [-0.25, -0.2) is 0 Å². The zero-order valence-corrected chi connectivity index (χ0v) is 17.6. The second kappa shape index (κ2) is 6.94. The Kier molecular flexibility index (Phi) is 4.18. The van der Waals surface area contributed by atoms with Crippen molar-refractivity contribution in [2.75, 3.05) is 6.54 Å². The molecule has 0 N–H and O–H groups in total. The summed E-state index contributed by atoms with van der Waals surface area (Å²) in [6.45, 7) is 0.530. The van der Waals surface area contributed by atoms with E-state index in [0.29, 0.717) is 13.0 Å². The summed E-state index contributed by atoms with van der Waals surface area (Å²) >= 11 is 0. The summed E-state index contributed by atoms with van der Waals surface area (Å²) in [6.07, 6.45) is 1.38. The minimum Gasteiger partial charge on any atom is -0.405 e. The molecule has 2 aromatic heterocycles. The average Bonchev–Trinajstić information content (AvgIpc) is 3.62. The lowest BCUT2D eigenvalue weighted by molar-refractivity contribution is -0.402. The fraction of sp³-hybridized carbons (Fsp3) is 0.304. The summed E-state index contributed by atoms with van der Waals surface area (Å²) in [4.78, 5) is 51.5. The Morgan fingerprint density at radius 1 is 0.853 bits per heavy atom. The predicted octanol–water partition coefficient (Wildman–Crippen LogP) is 4.06. The molecule has 2 saturated heterocycles. The molecule has 3 atom stereocenters. The van der Waals surface area contributed by atoms with Gasteiger partial charge in [-0.3, -0.25) is 34.7 Å². The summed E-state index contributed by atoms with van der Waals surface area (Å²) < 4.78 is 11.1. The van der Waals surface area contributed by atoms with Gasteiger partial charge in [0.25, 0.3) is 0 Å². The third-order valence-electron chi connectivity index (χ3n) is 7.31. The SMILES string of the molecule is O=C1c2ccccc2C(=O)C12[C@H](c1ccc([N+](=O)[O-])o1)N1CCC[C@H]1[C@@H]2c1ccc([N+](=O)[O-])o1. The van der Waals surface area contributed by atoms with Gasteiger partial charge in [-0.05, 0) is 31.5 Å². The number of Topliss-reactive ketones (excluding diaryl/α,β-unsaturated/α-hetero) is 2. The van der Waals surface area contributed by atoms with Crippen LogP contribution in [0.5, 0.6) is 0 Å². The number of nitrogens with zero attached hydrogens (tertiary/aromatic N) is 3. The van der Waals surface area contributed by atoms with Crippen molar-refractivity contribution in [3.8, 4) is 0 Å². The van der Waals surface area contributed by atoms with Gasteiger partial charge in [0.2, 0.25) is 0 Å². The first kappa shape index (κ1) is 20.5. The van der Waals surface area contributed by atoms with Gasteiger partial charge in [-0.2, -0.15) is 0 Å². The van der Waals surface area contributed by atoms with Gasteiger partial charge in [-0.1, -0.05) is 24.3 Å². The fourth-order valence-electron chi connectivity index (χ4n) is 6.18. The van der Waals surface area contributed by atoms with Crippen LogP contribution in [0.1, 0.15) is 57.0 Å². The normalized spacial score (nSPS) is 25.1. The minimum absolute atomic E-state index is 0.136. The summed E-state index contributed by atoms with van der Waals surface area (Å²) in [6, 6.07) is 10.5. The van der Waals surface area contributed by atoms with Crippen LogP contribution in [-0.4, -0.2) is 38.9 Å². The van der Waals surface area contributed by atoms with E-state index >= 15 is 0 Å². The number of benzene rings is 1. The molecule has 6 rings (SSSR count). The first-order chi connectivity index (χ1) is 16.4. The van der Waals surface area contributed by atoms with Crippen molar-refractivity contribution in [1.29, 1.82) is 0 Å². The van der Waals surface area contributed by atoms with Crippen LogP contribution in [-0.2, 0) is 0 Å². The van der Waals surface area contributed by atoms with E-state index in [9.17, 15) is 29.8 Å². The molecule has 1 aromatic carbocycles. The highest BCUT2D eigenvalue weighted by Crippen LogP contribution is 2.65. The highest BCUT2D eigenvalue weighted by Gasteiger charge is 2.72. The Balaban J connectivity index is 1.62. The molecular weight excluding hydrogens is 446 g/mol. The average molecular weight is 463 g/mol. The van der Waals surface area contributed by atoms with Crippen LogP contribution in [0.4, 0.5) is 11.8 Å². The van der Waals surface area contributed by atoms with E-state index in [1.54, 1.807) is 24.3 Å². The highest BCUT2D eigenvalue weighted by atomic mass is 16.7. The molecule has 11 heteroatoms. The van der Waals surface area contributed by atoms with E-state index in [4.69, 9.17) is 8.83 Å². The predicted molar refractivity (Wildman–Crippen MR) is 113 cm³/mol. The van der Waals surface area contributed by atoms with E-state index in [-0.39, 0.29) is 28.7 Å². The number of rotatable bonds is 4. The van der Waals surface area contributed by atoms with Crippen LogP contribution >= 0.6 is 0 Å². The molecule has 34 heavy (non-hydrogen) atoms. The Morgan fingerprint density at radius 2 is 1.41 bits per heavy atom. The molecule has 172 valence electrons.